The predicted octanol–water partition coefficient (Wildman–Crippen LogP) is 3.04. The number of aryl methyl sites for hydroxylation is 1. The van der Waals surface area contributed by atoms with Crippen LogP contribution in [-0.2, 0) is 15.9 Å². The number of hydrogen-bond acceptors (Lipinski definition) is 4. The maximum atomic E-state index is 10.8. The summed E-state index contributed by atoms with van der Waals surface area (Å²) in [5.41, 5.74) is 0.171. The zero-order valence-corrected chi connectivity index (χ0v) is 17.5. The molecule has 8 heteroatoms. The van der Waals surface area contributed by atoms with Crippen LogP contribution in [0.1, 0.15) is 67.2 Å². The summed E-state index contributed by atoms with van der Waals surface area (Å²) in [7, 11) is -0.395. The van der Waals surface area contributed by atoms with Crippen molar-refractivity contribution in [3.8, 4) is 0 Å². The van der Waals surface area contributed by atoms with Crippen molar-refractivity contribution in [1.82, 2.24) is 15.1 Å². The number of nitrogens with zero attached hydrogens (tertiary/aromatic N) is 2. The highest BCUT2D eigenvalue weighted by atomic mass is 16.7. The summed E-state index contributed by atoms with van der Waals surface area (Å²) in [6.07, 6.45) is 6.72. The first-order valence-electron chi connectivity index (χ1n) is 9.83. The van der Waals surface area contributed by atoms with Crippen molar-refractivity contribution < 1.29 is 19.2 Å². The number of rotatable bonds is 9. The molecular formula is C19H34BN3O4. The van der Waals surface area contributed by atoms with E-state index in [9.17, 15) is 4.79 Å². The third-order valence-electron chi connectivity index (χ3n) is 5.87. The van der Waals surface area contributed by atoms with Crippen LogP contribution in [0.5, 0.6) is 0 Å². The summed E-state index contributed by atoms with van der Waals surface area (Å²) in [6, 6.07) is 0. The van der Waals surface area contributed by atoms with Gasteiger partial charge in [-0.1, -0.05) is 20.3 Å². The van der Waals surface area contributed by atoms with Crippen LogP contribution in [0.25, 0.3) is 0 Å². The Morgan fingerprint density at radius 2 is 1.93 bits per heavy atom. The van der Waals surface area contributed by atoms with Gasteiger partial charge in [-0.3, -0.25) is 4.68 Å². The highest BCUT2D eigenvalue weighted by molar-refractivity contribution is 6.61. The average Bonchev–Trinajstić information content (AvgIpc) is 3.08. The van der Waals surface area contributed by atoms with Gasteiger partial charge >= 0.3 is 13.2 Å². The molecule has 1 aliphatic heterocycles. The Bertz CT molecular complexity index is 631. The topological polar surface area (TPSA) is 85.6 Å². The van der Waals surface area contributed by atoms with Gasteiger partial charge in [0.1, 0.15) is 0 Å². The predicted molar refractivity (Wildman–Crippen MR) is 106 cm³/mol. The van der Waals surface area contributed by atoms with E-state index >= 15 is 0 Å². The van der Waals surface area contributed by atoms with Gasteiger partial charge in [-0.25, -0.2) is 4.79 Å². The van der Waals surface area contributed by atoms with Crippen molar-refractivity contribution in [3.05, 3.63) is 12.4 Å². The Morgan fingerprint density at radius 3 is 2.48 bits per heavy atom. The molecule has 0 aromatic carbocycles. The SMILES string of the molecule is CCCC(C)(CCCn1cc(B2OC(C)(C)C(C)(C)O2)cn1)CNC(=O)O. The summed E-state index contributed by atoms with van der Waals surface area (Å²) in [6.45, 7) is 13.7. The molecule has 2 rings (SSSR count). The van der Waals surface area contributed by atoms with E-state index in [2.05, 4.69) is 24.3 Å². The molecule has 2 heterocycles. The van der Waals surface area contributed by atoms with Crippen molar-refractivity contribution in [2.45, 2.75) is 85.0 Å². The van der Waals surface area contributed by atoms with Crippen molar-refractivity contribution in [2.24, 2.45) is 5.41 Å². The smallest absolute Gasteiger partial charge is 0.465 e. The van der Waals surface area contributed by atoms with Crippen molar-refractivity contribution in [1.29, 1.82) is 0 Å². The maximum Gasteiger partial charge on any atom is 0.498 e. The molecule has 0 spiro atoms. The Balaban J connectivity index is 1.89. The highest BCUT2D eigenvalue weighted by Gasteiger charge is 2.52. The Hall–Kier alpha value is -1.54. The minimum absolute atomic E-state index is 0.0329. The van der Waals surface area contributed by atoms with Gasteiger partial charge in [-0.15, -0.1) is 0 Å². The number of hydrogen-bond donors (Lipinski definition) is 2. The molecule has 0 saturated carbocycles. The van der Waals surface area contributed by atoms with Gasteiger partial charge in [0.25, 0.3) is 0 Å². The van der Waals surface area contributed by atoms with Crippen LogP contribution in [0.2, 0.25) is 0 Å². The molecule has 0 bridgehead atoms. The Morgan fingerprint density at radius 1 is 1.30 bits per heavy atom. The third kappa shape index (κ3) is 5.48. The van der Waals surface area contributed by atoms with Crippen molar-refractivity contribution in [2.75, 3.05) is 6.54 Å². The summed E-state index contributed by atoms with van der Waals surface area (Å²) < 4.78 is 14.1. The third-order valence-corrected chi connectivity index (χ3v) is 5.87. The second-order valence-corrected chi connectivity index (χ2v) is 8.95. The summed E-state index contributed by atoms with van der Waals surface area (Å²) in [5, 5.41) is 15.9. The lowest BCUT2D eigenvalue weighted by atomic mass is 9.81. The quantitative estimate of drug-likeness (QED) is 0.644. The van der Waals surface area contributed by atoms with Crippen LogP contribution in [0.3, 0.4) is 0 Å². The standard InChI is InChI=1S/C19H34BN3O4/c1-7-9-19(6,14-21-16(24)25)10-8-11-23-13-15(12-22-23)20-26-17(2,3)18(4,5)27-20/h12-13,21H,7-11,14H2,1-6H3,(H,24,25). The zero-order chi connectivity index (χ0) is 20.3. The lowest BCUT2D eigenvalue weighted by Gasteiger charge is -2.32. The van der Waals surface area contributed by atoms with Crippen LogP contribution in [0, 0.1) is 5.41 Å². The molecule has 1 aromatic rings. The van der Waals surface area contributed by atoms with E-state index in [1.54, 1.807) is 6.20 Å². The molecule has 1 fully saturated rings. The van der Waals surface area contributed by atoms with Crippen LogP contribution in [-0.4, -0.2) is 45.8 Å². The normalized spacial score (nSPS) is 20.4. The van der Waals surface area contributed by atoms with Crippen molar-refractivity contribution >= 4 is 18.7 Å². The van der Waals surface area contributed by atoms with E-state index in [0.29, 0.717) is 6.54 Å². The fourth-order valence-electron chi connectivity index (χ4n) is 3.46. The monoisotopic (exact) mass is 379 g/mol. The van der Waals surface area contributed by atoms with Gasteiger partial charge in [-0.2, -0.15) is 5.10 Å². The molecule has 1 aliphatic rings. The number of nitrogens with one attached hydrogen (secondary N) is 1. The second-order valence-electron chi connectivity index (χ2n) is 8.95. The minimum atomic E-state index is -0.962. The summed E-state index contributed by atoms with van der Waals surface area (Å²) in [5.74, 6) is 0. The average molecular weight is 379 g/mol. The van der Waals surface area contributed by atoms with E-state index in [4.69, 9.17) is 14.4 Å². The summed E-state index contributed by atoms with van der Waals surface area (Å²) >= 11 is 0. The van der Waals surface area contributed by atoms with Gasteiger partial charge in [0.15, 0.2) is 0 Å². The second kappa shape index (κ2) is 8.23. The van der Waals surface area contributed by atoms with Crippen LogP contribution >= 0.6 is 0 Å². The molecule has 1 saturated heterocycles. The molecule has 1 atom stereocenters. The molecule has 27 heavy (non-hydrogen) atoms. The Kier molecular flexibility index (Phi) is 6.63. The minimum Gasteiger partial charge on any atom is -0.465 e. The maximum absolute atomic E-state index is 10.8. The first kappa shape index (κ1) is 21.8. The number of carboxylic acid groups (broad SMARTS) is 1. The molecule has 7 nitrogen and oxygen atoms in total. The molecule has 1 aromatic heterocycles. The lowest BCUT2D eigenvalue weighted by Crippen LogP contribution is -2.41. The highest BCUT2D eigenvalue weighted by Crippen LogP contribution is 2.36. The number of carbonyl (C=O) groups is 1. The molecule has 152 valence electrons. The van der Waals surface area contributed by atoms with Crippen LogP contribution in [0.4, 0.5) is 4.79 Å². The first-order chi connectivity index (χ1) is 12.5. The molecule has 1 amide bonds. The molecule has 1 unspecified atom stereocenters. The van der Waals surface area contributed by atoms with Gasteiger partial charge in [0.2, 0.25) is 0 Å². The van der Waals surface area contributed by atoms with Crippen molar-refractivity contribution in [3.63, 3.8) is 0 Å². The number of aromatic nitrogens is 2. The first-order valence-corrected chi connectivity index (χ1v) is 9.83. The zero-order valence-electron chi connectivity index (χ0n) is 17.5. The Labute approximate surface area is 162 Å². The lowest BCUT2D eigenvalue weighted by molar-refractivity contribution is 0.00578. The fourth-order valence-corrected chi connectivity index (χ4v) is 3.46. The molecule has 0 radical (unpaired) electrons. The van der Waals surface area contributed by atoms with Gasteiger partial charge in [0.05, 0.1) is 11.2 Å². The fraction of sp³-hybridized carbons (Fsp3) is 0.789. The van der Waals surface area contributed by atoms with E-state index in [1.165, 1.54) is 0 Å². The van der Waals surface area contributed by atoms with Gasteiger partial charge in [-0.05, 0) is 52.4 Å². The molecule has 0 aliphatic carbocycles. The number of amides is 1. The largest absolute Gasteiger partial charge is 0.498 e. The van der Waals surface area contributed by atoms with E-state index in [1.807, 2.05) is 38.6 Å². The van der Waals surface area contributed by atoms with Gasteiger partial charge in [0, 0.05) is 30.9 Å². The van der Waals surface area contributed by atoms with E-state index in [0.717, 1.165) is 37.7 Å². The van der Waals surface area contributed by atoms with Crippen LogP contribution < -0.4 is 10.8 Å². The van der Waals surface area contributed by atoms with Gasteiger partial charge < -0.3 is 19.7 Å². The molecule has 2 N–H and O–H groups in total. The summed E-state index contributed by atoms with van der Waals surface area (Å²) in [4.78, 5) is 10.8. The van der Waals surface area contributed by atoms with Crippen LogP contribution in [0.15, 0.2) is 12.4 Å². The van der Waals surface area contributed by atoms with E-state index in [-0.39, 0.29) is 16.6 Å². The molecular weight excluding hydrogens is 345 g/mol. The van der Waals surface area contributed by atoms with E-state index < -0.39 is 13.2 Å².